The minimum absolute atomic E-state index is 0.629. The van der Waals surface area contributed by atoms with Crippen LogP contribution in [0, 0.1) is 0 Å². The van der Waals surface area contributed by atoms with E-state index in [1.54, 1.807) is 17.2 Å². The van der Waals surface area contributed by atoms with Crippen LogP contribution in [0.15, 0.2) is 97.3 Å². The Balaban J connectivity index is 1.60. The van der Waals surface area contributed by atoms with Crippen LogP contribution in [0.4, 0.5) is 5.69 Å². The SMILES string of the molecule is CCOc1ccc(N=c2scc(-c3cc4ccccc4o3)n2N=Cc2ccco2)cc1. The Bertz CT molecular complexity index is 1360. The van der Waals surface area contributed by atoms with Crippen LogP contribution in [0.3, 0.4) is 0 Å². The summed E-state index contributed by atoms with van der Waals surface area (Å²) in [5, 5.41) is 7.66. The molecule has 154 valence electrons. The summed E-state index contributed by atoms with van der Waals surface area (Å²) >= 11 is 1.49. The zero-order chi connectivity index (χ0) is 21.0. The molecule has 0 unspecified atom stereocenters. The first-order valence-corrected chi connectivity index (χ1v) is 10.7. The highest BCUT2D eigenvalue weighted by molar-refractivity contribution is 7.07. The zero-order valence-corrected chi connectivity index (χ0v) is 17.6. The molecule has 6 nitrogen and oxygen atoms in total. The predicted molar refractivity (Wildman–Crippen MR) is 122 cm³/mol. The third kappa shape index (κ3) is 4.08. The highest BCUT2D eigenvalue weighted by Crippen LogP contribution is 2.28. The van der Waals surface area contributed by atoms with Gasteiger partial charge in [-0.2, -0.15) is 5.10 Å². The molecule has 0 saturated carbocycles. The van der Waals surface area contributed by atoms with Gasteiger partial charge in [0, 0.05) is 10.8 Å². The van der Waals surface area contributed by atoms with Gasteiger partial charge in [0.2, 0.25) is 4.80 Å². The fourth-order valence-electron chi connectivity index (χ4n) is 3.14. The lowest BCUT2D eigenvalue weighted by atomic mass is 10.2. The lowest BCUT2D eigenvalue weighted by Crippen LogP contribution is -2.11. The standard InChI is InChI=1S/C24H19N3O3S/c1-2-28-19-11-9-18(10-12-19)26-24-27(25-15-20-7-5-13-29-20)21(16-31-24)23-14-17-6-3-4-8-22(17)30-23/h3-16H,2H2,1H3. The molecule has 5 aromatic rings. The van der Waals surface area contributed by atoms with Gasteiger partial charge in [-0.1, -0.05) is 18.2 Å². The Kier molecular flexibility index (Phi) is 5.24. The predicted octanol–water partition coefficient (Wildman–Crippen LogP) is 6.07. The second kappa shape index (κ2) is 8.49. The highest BCUT2D eigenvalue weighted by atomic mass is 32.1. The summed E-state index contributed by atoms with van der Waals surface area (Å²) < 4.78 is 18.7. The molecule has 0 spiro atoms. The number of rotatable bonds is 6. The number of hydrogen-bond donors (Lipinski definition) is 0. The van der Waals surface area contributed by atoms with Crippen LogP contribution in [0.5, 0.6) is 5.75 Å². The maximum Gasteiger partial charge on any atom is 0.211 e. The van der Waals surface area contributed by atoms with E-state index in [0.29, 0.717) is 17.2 Å². The number of thiazole rings is 1. The molecule has 0 radical (unpaired) electrons. The van der Waals surface area contributed by atoms with Gasteiger partial charge < -0.3 is 13.6 Å². The molecule has 0 aliphatic heterocycles. The molecule has 2 aromatic carbocycles. The number of para-hydroxylation sites is 1. The molecule has 0 atom stereocenters. The number of ether oxygens (including phenoxy) is 1. The first kappa shape index (κ1) is 19.1. The number of hydrogen-bond acceptors (Lipinski definition) is 6. The summed E-state index contributed by atoms with van der Waals surface area (Å²) in [5.41, 5.74) is 2.45. The van der Waals surface area contributed by atoms with Crippen molar-refractivity contribution in [2.45, 2.75) is 6.92 Å². The van der Waals surface area contributed by atoms with E-state index in [-0.39, 0.29) is 0 Å². The minimum Gasteiger partial charge on any atom is -0.494 e. The van der Waals surface area contributed by atoms with E-state index in [1.165, 1.54) is 11.3 Å². The molecule has 0 bridgehead atoms. The smallest absolute Gasteiger partial charge is 0.211 e. The maximum atomic E-state index is 6.07. The van der Waals surface area contributed by atoms with Crippen molar-refractivity contribution in [2.75, 3.05) is 6.61 Å². The molecule has 0 fully saturated rings. The lowest BCUT2D eigenvalue weighted by Gasteiger charge is -2.02. The third-order valence-electron chi connectivity index (χ3n) is 4.58. The largest absolute Gasteiger partial charge is 0.494 e. The Labute approximate surface area is 182 Å². The van der Waals surface area contributed by atoms with Gasteiger partial charge in [-0.3, -0.25) is 0 Å². The van der Waals surface area contributed by atoms with Crippen molar-refractivity contribution in [3.63, 3.8) is 0 Å². The van der Waals surface area contributed by atoms with Crippen LogP contribution in [0.25, 0.3) is 22.4 Å². The van der Waals surface area contributed by atoms with Crippen LogP contribution < -0.4 is 9.54 Å². The Morgan fingerprint density at radius 2 is 1.94 bits per heavy atom. The van der Waals surface area contributed by atoms with Crippen molar-refractivity contribution in [1.29, 1.82) is 0 Å². The van der Waals surface area contributed by atoms with E-state index >= 15 is 0 Å². The molecule has 0 N–H and O–H groups in total. The average molecular weight is 430 g/mol. The van der Waals surface area contributed by atoms with E-state index in [9.17, 15) is 0 Å². The molecule has 5 rings (SSSR count). The highest BCUT2D eigenvalue weighted by Gasteiger charge is 2.13. The van der Waals surface area contributed by atoms with Crippen molar-refractivity contribution in [1.82, 2.24) is 4.68 Å². The summed E-state index contributed by atoms with van der Waals surface area (Å²) in [5.74, 6) is 2.20. The number of aromatic nitrogens is 1. The second-order valence-electron chi connectivity index (χ2n) is 6.66. The van der Waals surface area contributed by atoms with E-state index < -0.39 is 0 Å². The van der Waals surface area contributed by atoms with Crippen LogP contribution in [-0.4, -0.2) is 17.5 Å². The van der Waals surface area contributed by atoms with Crippen LogP contribution in [-0.2, 0) is 0 Å². The van der Waals surface area contributed by atoms with Crippen molar-refractivity contribution >= 4 is 34.2 Å². The van der Waals surface area contributed by atoms with E-state index in [0.717, 1.165) is 33.9 Å². The molecule has 0 aliphatic rings. The molecule has 3 heterocycles. The summed E-state index contributed by atoms with van der Waals surface area (Å²) in [6.45, 7) is 2.59. The molecular formula is C24H19N3O3S. The van der Waals surface area contributed by atoms with Gasteiger partial charge in [0.1, 0.15) is 22.8 Å². The summed E-state index contributed by atoms with van der Waals surface area (Å²) in [7, 11) is 0. The summed E-state index contributed by atoms with van der Waals surface area (Å²) in [6.07, 6.45) is 3.28. The van der Waals surface area contributed by atoms with Crippen LogP contribution in [0.2, 0.25) is 0 Å². The van der Waals surface area contributed by atoms with Gasteiger partial charge in [-0.25, -0.2) is 9.67 Å². The third-order valence-corrected chi connectivity index (χ3v) is 5.40. The monoisotopic (exact) mass is 429 g/mol. The van der Waals surface area contributed by atoms with Crippen molar-refractivity contribution in [2.24, 2.45) is 10.1 Å². The minimum atomic E-state index is 0.629. The van der Waals surface area contributed by atoms with Gasteiger partial charge >= 0.3 is 0 Å². The van der Waals surface area contributed by atoms with Crippen LogP contribution in [0.1, 0.15) is 12.7 Å². The molecule has 0 saturated heterocycles. The molecule has 3 aromatic heterocycles. The fraction of sp³-hybridized carbons (Fsp3) is 0.0833. The number of fused-ring (bicyclic) bond motifs is 1. The van der Waals surface area contributed by atoms with Gasteiger partial charge in [0.15, 0.2) is 5.76 Å². The Hall–Kier alpha value is -3.84. The van der Waals surface area contributed by atoms with Crippen molar-refractivity contribution in [3.05, 3.63) is 88.9 Å². The van der Waals surface area contributed by atoms with Crippen molar-refractivity contribution < 1.29 is 13.6 Å². The Morgan fingerprint density at radius 1 is 1.06 bits per heavy atom. The normalized spacial score (nSPS) is 12.2. The van der Waals surface area contributed by atoms with Crippen molar-refractivity contribution in [3.8, 4) is 17.2 Å². The number of nitrogens with zero attached hydrogens (tertiary/aromatic N) is 3. The van der Waals surface area contributed by atoms with Gasteiger partial charge in [-0.15, -0.1) is 11.3 Å². The quantitative estimate of drug-likeness (QED) is 0.308. The van der Waals surface area contributed by atoms with E-state index in [2.05, 4.69) is 5.10 Å². The lowest BCUT2D eigenvalue weighted by molar-refractivity contribution is 0.340. The summed E-state index contributed by atoms with van der Waals surface area (Å²) in [4.78, 5) is 5.49. The van der Waals surface area contributed by atoms with Gasteiger partial charge in [0.25, 0.3) is 0 Å². The first-order chi connectivity index (χ1) is 15.3. The molecular weight excluding hydrogens is 410 g/mol. The second-order valence-corrected chi connectivity index (χ2v) is 7.50. The fourth-order valence-corrected chi connectivity index (χ4v) is 3.98. The first-order valence-electron chi connectivity index (χ1n) is 9.85. The van der Waals surface area contributed by atoms with Crippen LogP contribution >= 0.6 is 11.3 Å². The molecule has 7 heteroatoms. The number of furan rings is 2. The Morgan fingerprint density at radius 3 is 2.71 bits per heavy atom. The topological polar surface area (TPSA) is 65.2 Å². The molecule has 31 heavy (non-hydrogen) atoms. The maximum absolute atomic E-state index is 6.07. The van der Waals surface area contributed by atoms with Gasteiger partial charge in [-0.05, 0) is 55.5 Å². The van der Waals surface area contributed by atoms with E-state index in [4.69, 9.17) is 18.6 Å². The average Bonchev–Trinajstić information content (AvgIpc) is 3.53. The summed E-state index contributed by atoms with van der Waals surface area (Å²) in [6, 6.07) is 21.3. The molecule has 0 aliphatic carbocycles. The van der Waals surface area contributed by atoms with Gasteiger partial charge in [0.05, 0.1) is 24.8 Å². The number of benzene rings is 2. The van der Waals surface area contributed by atoms with E-state index in [1.807, 2.05) is 79.0 Å². The molecule has 0 amide bonds. The zero-order valence-electron chi connectivity index (χ0n) is 16.8.